The highest BCUT2D eigenvalue weighted by molar-refractivity contribution is 6.04. The number of hydrogen-bond donors (Lipinski definition) is 2. The number of rotatable bonds is 9. The maximum Gasteiger partial charge on any atom is 0.416 e. The third kappa shape index (κ3) is 10.1. The smallest absolute Gasteiger partial charge is 0.322 e. The molecule has 0 atom stereocenters. The lowest BCUT2D eigenvalue weighted by atomic mass is 10.0. The normalized spacial score (nSPS) is 14.0. The Balaban J connectivity index is 0.000000266. The van der Waals surface area contributed by atoms with Crippen molar-refractivity contribution in [2.45, 2.75) is 52.8 Å². The minimum absolute atomic E-state index is 0.166. The Kier molecular flexibility index (Phi) is 11.9. The van der Waals surface area contributed by atoms with Gasteiger partial charge in [-0.3, -0.25) is 14.4 Å². The number of nitrogens with one attached hydrogen (secondary N) is 2. The number of piperazine rings is 1. The lowest BCUT2D eigenvalue weighted by molar-refractivity contribution is -0.137. The Bertz CT molecular complexity index is 1580. The molecule has 2 N–H and O–H groups in total. The number of benzene rings is 2. The summed E-state index contributed by atoms with van der Waals surface area (Å²) < 4.78 is 42.1. The molecule has 0 aliphatic carbocycles. The van der Waals surface area contributed by atoms with Crippen LogP contribution >= 0.6 is 0 Å². The largest absolute Gasteiger partial charge is 0.416 e. The first-order valence-corrected chi connectivity index (χ1v) is 15.5. The van der Waals surface area contributed by atoms with E-state index in [1.165, 1.54) is 11.6 Å². The molecule has 0 spiro atoms. The van der Waals surface area contributed by atoms with E-state index in [1.807, 2.05) is 45.7 Å². The summed E-state index contributed by atoms with van der Waals surface area (Å²) in [4.78, 5) is 25.4. The minimum Gasteiger partial charge on any atom is -0.322 e. The van der Waals surface area contributed by atoms with Crippen LogP contribution in [0.4, 0.5) is 30.5 Å². The highest BCUT2D eigenvalue weighted by Crippen LogP contribution is 2.32. The number of carbonyl (C=O) groups is 1. The number of alkyl halides is 3. The number of aryl methyl sites for hydroxylation is 4. The number of hydrogen-bond acceptors (Lipinski definition) is 7. The summed E-state index contributed by atoms with van der Waals surface area (Å²) in [6, 6.07) is 9.26. The van der Waals surface area contributed by atoms with Crippen LogP contribution in [0.25, 0.3) is 0 Å². The maximum absolute atomic E-state index is 13.5. The van der Waals surface area contributed by atoms with Gasteiger partial charge in [-0.15, -0.1) is 0 Å². The van der Waals surface area contributed by atoms with Crippen molar-refractivity contribution in [3.8, 4) is 0 Å². The van der Waals surface area contributed by atoms with Gasteiger partial charge in [0.1, 0.15) is 0 Å². The summed E-state index contributed by atoms with van der Waals surface area (Å²) in [5, 5.41) is 9.78. The standard InChI is InChI=1S/C24H30F3N3O.C10H13N5/c1-4-5-19-6-7-20(12-17(19)2)23(31)28-22-14-18(13-21(15-22)24(25,26)27)16-30-10-8-29(3)9-11-30;1-3-8-4-11-10(12-5-8)14-9-6-13-15(2)7-9/h6-7,12-15H,4-5,8-11,16H2,1-3H3,(H,28,31);4-7H,3H2,1-2H3,(H,11,12,14). The van der Waals surface area contributed by atoms with E-state index in [9.17, 15) is 18.0 Å². The van der Waals surface area contributed by atoms with E-state index in [4.69, 9.17) is 0 Å². The summed E-state index contributed by atoms with van der Waals surface area (Å²) in [5.41, 5.74) is 4.61. The van der Waals surface area contributed by atoms with Crippen LogP contribution in [0.15, 0.2) is 61.2 Å². The predicted molar refractivity (Wildman–Crippen MR) is 175 cm³/mol. The number of aromatic nitrogens is 4. The third-order valence-electron chi connectivity index (χ3n) is 7.78. The second-order valence-corrected chi connectivity index (χ2v) is 11.6. The molecule has 0 saturated carbocycles. The van der Waals surface area contributed by atoms with Crippen LogP contribution in [0.1, 0.15) is 58.4 Å². The van der Waals surface area contributed by atoms with Crippen molar-refractivity contribution >= 4 is 23.2 Å². The van der Waals surface area contributed by atoms with E-state index in [2.05, 4.69) is 49.3 Å². The fourth-order valence-electron chi connectivity index (χ4n) is 5.09. The molecule has 2 aromatic heterocycles. The molecule has 3 heterocycles. The number of amides is 1. The molecule has 4 aromatic rings. The zero-order valence-electron chi connectivity index (χ0n) is 27.2. The Morgan fingerprint density at radius 2 is 1.63 bits per heavy atom. The summed E-state index contributed by atoms with van der Waals surface area (Å²) in [7, 11) is 3.90. The van der Waals surface area contributed by atoms with Crippen LogP contribution in [0.3, 0.4) is 0 Å². The van der Waals surface area contributed by atoms with Gasteiger partial charge in [-0.25, -0.2) is 9.97 Å². The Labute approximate surface area is 268 Å². The number of halogens is 3. The molecule has 0 bridgehead atoms. The monoisotopic (exact) mass is 636 g/mol. The predicted octanol–water partition coefficient (Wildman–Crippen LogP) is 6.48. The first kappa shape index (κ1) is 34.6. The summed E-state index contributed by atoms with van der Waals surface area (Å²) in [6.07, 6.45) is 5.67. The van der Waals surface area contributed by atoms with Gasteiger partial charge in [-0.05, 0) is 79.4 Å². The van der Waals surface area contributed by atoms with Crippen LogP contribution in [0.2, 0.25) is 0 Å². The van der Waals surface area contributed by atoms with Crippen LogP contribution < -0.4 is 10.6 Å². The SMILES string of the molecule is CCCc1ccc(C(=O)Nc2cc(CN3CCN(C)CC3)cc(C(F)(F)F)c2)cc1C.CCc1cnc(Nc2cnn(C)c2)nc1. The average Bonchev–Trinajstić information content (AvgIpc) is 3.43. The minimum atomic E-state index is -4.48. The quantitative estimate of drug-likeness (QED) is 0.217. The van der Waals surface area contributed by atoms with Crippen molar-refractivity contribution in [2.24, 2.45) is 7.05 Å². The van der Waals surface area contributed by atoms with Crippen molar-refractivity contribution in [1.82, 2.24) is 29.5 Å². The van der Waals surface area contributed by atoms with E-state index < -0.39 is 17.6 Å². The number of carbonyl (C=O) groups excluding carboxylic acids is 1. The van der Waals surface area contributed by atoms with E-state index in [1.54, 1.807) is 29.1 Å². The van der Waals surface area contributed by atoms with Gasteiger partial charge in [0, 0.05) is 69.6 Å². The van der Waals surface area contributed by atoms with E-state index in [0.717, 1.165) is 68.3 Å². The summed E-state index contributed by atoms with van der Waals surface area (Å²) in [6.45, 7) is 9.91. The number of nitrogens with zero attached hydrogens (tertiary/aromatic N) is 6. The lowest BCUT2D eigenvalue weighted by Gasteiger charge is -2.32. The van der Waals surface area contributed by atoms with Crippen molar-refractivity contribution in [3.05, 3.63) is 94.6 Å². The summed E-state index contributed by atoms with van der Waals surface area (Å²) in [5.74, 6) is 0.191. The lowest BCUT2D eigenvalue weighted by Crippen LogP contribution is -2.43. The van der Waals surface area contributed by atoms with Crippen molar-refractivity contribution in [3.63, 3.8) is 0 Å². The molecule has 1 aliphatic rings. The van der Waals surface area contributed by atoms with Gasteiger partial charge in [-0.1, -0.05) is 26.3 Å². The van der Waals surface area contributed by atoms with Crippen LogP contribution in [0, 0.1) is 6.92 Å². The van der Waals surface area contributed by atoms with Crippen molar-refractivity contribution in [1.29, 1.82) is 0 Å². The third-order valence-corrected chi connectivity index (χ3v) is 7.78. The zero-order valence-corrected chi connectivity index (χ0v) is 27.2. The maximum atomic E-state index is 13.5. The molecule has 1 aliphatic heterocycles. The van der Waals surface area contributed by atoms with Crippen LogP contribution in [0.5, 0.6) is 0 Å². The highest BCUT2D eigenvalue weighted by atomic mass is 19.4. The van der Waals surface area contributed by atoms with Gasteiger partial charge in [0.2, 0.25) is 5.95 Å². The van der Waals surface area contributed by atoms with Gasteiger partial charge < -0.3 is 15.5 Å². The molecular weight excluding hydrogens is 593 g/mol. The molecule has 246 valence electrons. The molecule has 1 saturated heterocycles. The van der Waals surface area contributed by atoms with Crippen LogP contribution in [-0.4, -0.2) is 68.7 Å². The molecule has 1 amide bonds. The van der Waals surface area contributed by atoms with Crippen molar-refractivity contribution in [2.75, 3.05) is 43.9 Å². The average molecular weight is 637 g/mol. The molecule has 46 heavy (non-hydrogen) atoms. The van der Waals surface area contributed by atoms with E-state index in [0.29, 0.717) is 23.6 Å². The number of anilines is 3. The molecule has 5 rings (SSSR count). The van der Waals surface area contributed by atoms with E-state index >= 15 is 0 Å². The first-order valence-electron chi connectivity index (χ1n) is 15.5. The fraction of sp³-hybridized carbons (Fsp3) is 0.412. The van der Waals surface area contributed by atoms with Crippen molar-refractivity contribution < 1.29 is 18.0 Å². The topological polar surface area (TPSA) is 91.2 Å². The zero-order chi connectivity index (χ0) is 33.3. The first-order chi connectivity index (χ1) is 21.9. The van der Waals surface area contributed by atoms with E-state index in [-0.39, 0.29) is 5.69 Å². The molecule has 1 fully saturated rings. The second-order valence-electron chi connectivity index (χ2n) is 11.6. The van der Waals surface area contributed by atoms with Crippen LogP contribution in [-0.2, 0) is 32.6 Å². The van der Waals surface area contributed by atoms with Gasteiger partial charge in [0.05, 0.1) is 17.4 Å². The van der Waals surface area contributed by atoms with Gasteiger partial charge in [-0.2, -0.15) is 18.3 Å². The fourth-order valence-corrected chi connectivity index (χ4v) is 5.09. The molecule has 0 radical (unpaired) electrons. The Hall–Kier alpha value is -4.29. The molecule has 2 aromatic carbocycles. The van der Waals surface area contributed by atoms with Gasteiger partial charge >= 0.3 is 6.18 Å². The molecular formula is C34H43F3N8O. The van der Waals surface area contributed by atoms with Gasteiger partial charge in [0.15, 0.2) is 0 Å². The second kappa shape index (κ2) is 15.8. The van der Waals surface area contributed by atoms with Gasteiger partial charge in [0.25, 0.3) is 5.91 Å². The molecule has 0 unspecified atom stereocenters. The number of likely N-dealkylation sites (N-methyl/N-ethyl adjacent to an activating group) is 1. The molecule has 9 nitrogen and oxygen atoms in total. The summed E-state index contributed by atoms with van der Waals surface area (Å²) >= 11 is 0. The highest BCUT2D eigenvalue weighted by Gasteiger charge is 2.31. The Morgan fingerprint density at radius 1 is 0.913 bits per heavy atom. The molecule has 12 heteroatoms. The Morgan fingerprint density at radius 3 is 2.22 bits per heavy atom.